The van der Waals surface area contributed by atoms with Gasteiger partial charge in [0.1, 0.15) is 6.26 Å². The number of nitrogens with zero attached hydrogens (tertiary/aromatic N) is 2. The number of aromatic carboxylic acids is 1. The zero-order chi connectivity index (χ0) is 11.9. The van der Waals surface area contributed by atoms with Crippen molar-refractivity contribution in [1.82, 2.24) is 4.98 Å². The van der Waals surface area contributed by atoms with E-state index in [1.807, 2.05) is 4.90 Å². The van der Waals surface area contributed by atoms with Crippen LogP contribution in [-0.2, 0) is 9.47 Å². The van der Waals surface area contributed by atoms with E-state index in [9.17, 15) is 4.79 Å². The van der Waals surface area contributed by atoms with Gasteiger partial charge in [-0.2, -0.15) is 4.98 Å². The number of carboxylic acids is 1. The number of carbonyl (C=O) groups is 1. The Morgan fingerprint density at radius 3 is 2.88 bits per heavy atom. The highest BCUT2D eigenvalue weighted by molar-refractivity contribution is 5.85. The maximum absolute atomic E-state index is 10.7. The summed E-state index contributed by atoms with van der Waals surface area (Å²) >= 11 is 0. The maximum Gasteiger partial charge on any atom is 0.357 e. The number of hydrogen-bond acceptors (Lipinski definition) is 6. The number of carboxylic acid groups (broad SMARTS) is 1. The molecule has 0 saturated carbocycles. The molecule has 2 fully saturated rings. The lowest BCUT2D eigenvalue weighted by Crippen LogP contribution is -2.34. The van der Waals surface area contributed by atoms with Crippen molar-refractivity contribution in [2.45, 2.75) is 12.2 Å². The fourth-order valence-electron chi connectivity index (χ4n) is 2.16. The summed E-state index contributed by atoms with van der Waals surface area (Å²) in [6.07, 6.45) is 1.87. The second kappa shape index (κ2) is 3.71. The molecular weight excluding hydrogens is 228 g/mol. The number of hydrogen-bond donors (Lipinski definition) is 1. The van der Waals surface area contributed by atoms with E-state index >= 15 is 0 Å². The molecule has 1 aromatic rings. The zero-order valence-corrected chi connectivity index (χ0v) is 9.09. The molecule has 92 valence electrons. The Hall–Kier alpha value is -1.60. The van der Waals surface area contributed by atoms with Crippen LogP contribution in [0.2, 0.25) is 0 Å². The second-order valence-electron chi connectivity index (χ2n) is 4.10. The van der Waals surface area contributed by atoms with Gasteiger partial charge in [-0.25, -0.2) is 4.79 Å². The molecule has 7 nitrogen and oxygen atoms in total. The molecule has 0 unspecified atom stereocenters. The average Bonchev–Trinajstić information content (AvgIpc) is 3.01. The van der Waals surface area contributed by atoms with Crippen molar-refractivity contribution in [3.8, 4) is 0 Å². The summed E-state index contributed by atoms with van der Waals surface area (Å²) in [7, 11) is 0. The first kappa shape index (κ1) is 10.5. The van der Waals surface area contributed by atoms with Gasteiger partial charge in [-0.1, -0.05) is 0 Å². The van der Waals surface area contributed by atoms with E-state index in [1.54, 1.807) is 0 Å². The summed E-state index contributed by atoms with van der Waals surface area (Å²) in [5, 5.41) is 8.76. The third-order valence-corrected chi connectivity index (χ3v) is 2.99. The standard InChI is InChI=1S/C10H12N2O5/c13-8(14)7-5-15-9(11-7)12-2-1-10(6-12)16-3-4-17-10/h5H,1-4,6H2,(H,13,14). The maximum atomic E-state index is 10.7. The van der Waals surface area contributed by atoms with Crippen molar-refractivity contribution in [2.75, 3.05) is 31.2 Å². The van der Waals surface area contributed by atoms with Crippen molar-refractivity contribution in [2.24, 2.45) is 0 Å². The molecule has 3 heterocycles. The third kappa shape index (κ3) is 1.77. The van der Waals surface area contributed by atoms with E-state index in [0.717, 1.165) is 12.7 Å². The van der Waals surface area contributed by atoms with Crippen molar-refractivity contribution in [1.29, 1.82) is 0 Å². The minimum absolute atomic E-state index is 0.0887. The van der Waals surface area contributed by atoms with Gasteiger partial charge in [0, 0.05) is 13.0 Å². The van der Waals surface area contributed by atoms with Gasteiger partial charge >= 0.3 is 5.97 Å². The minimum atomic E-state index is -1.10. The number of ether oxygens (including phenoxy) is 2. The molecule has 0 bridgehead atoms. The lowest BCUT2D eigenvalue weighted by atomic mass is 10.2. The van der Waals surface area contributed by atoms with Gasteiger partial charge < -0.3 is 23.9 Å². The molecule has 2 aliphatic heterocycles. The Morgan fingerprint density at radius 2 is 2.24 bits per heavy atom. The van der Waals surface area contributed by atoms with Crippen LogP contribution in [0.15, 0.2) is 10.7 Å². The summed E-state index contributed by atoms with van der Waals surface area (Å²) in [4.78, 5) is 16.4. The first-order valence-corrected chi connectivity index (χ1v) is 5.40. The van der Waals surface area contributed by atoms with Crippen molar-refractivity contribution in [3.63, 3.8) is 0 Å². The molecule has 0 atom stereocenters. The highest BCUT2D eigenvalue weighted by Crippen LogP contribution is 2.32. The summed E-state index contributed by atoms with van der Waals surface area (Å²) in [6.45, 7) is 2.39. The first-order chi connectivity index (χ1) is 8.19. The van der Waals surface area contributed by atoms with E-state index in [1.165, 1.54) is 0 Å². The number of rotatable bonds is 2. The number of anilines is 1. The Labute approximate surface area is 96.9 Å². The lowest BCUT2D eigenvalue weighted by Gasteiger charge is -2.21. The molecule has 7 heteroatoms. The van der Waals surface area contributed by atoms with Gasteiger partial charge in [0.2, 0.25) is 0 Å². The Morgan fingerprint density at radius 1 is 1.47 bits per heavy atom. The molecule has 2 aliphatic rings. The fraction of sp³-hybridized carbons (Fsp3) is 0.600. The van der Waals surface area contributed by atoms with Gasteiger partial charge in [0.05, 0.1) is 19.8 Å². The van der Waals surface area contributed by atoms with Crippen LogP contribution in [0.4, 0.5) is 6.01 Å². The Bertz CT molecular complexity index is 438. The molecule has 0 amide bonds. The average molecular weight is 240 g/mol. The van der Waals surface area contributed by atoms with Gasteiger partial charge in [0.25, 0.3) is 6.01 Å². The van der Waals surface area contributed by atoms with Gasteiger partial charge in [-0.05, 0) is 0 Å². The summed E-state index contributed by atoms with van der Waals surface area (Å²) in [5.74, 6) is -1.65. The van der Waals surface area contributed by atoms with Crippen molar-refractivity contribution in [3.05, 3.63) is 12.0 Å². The topological polar surface area (TPSA) is 85.0 Å². The molecule has 1 N–H and O–H groups in total. The molecule has 17 heavy (non-hydrogen) atoms. The van der Waals surface area contributed by atoms with Crippen LogP contribution in [0.1, 0.15) is 16.9 Å². The van der Waals surface area contributed by atoms with Crippen LogP contribution < -0.4 is 4.90 Å². The summed E-state index contributed by atoms with van der Waals surface area (Å²) in [5.41, 5.74) is -0.0887. The van der Waals surface area contributed by atoms with Gasteiger partial charge in [0.15, 0.2) is 11.5 Å². The monoisotopic (exact) mass is 240 g/mol. The molecule has 1 aromatic heterocycles. The van der Waals surface area contributed by atoms with Crippen LogP contribution >= 0.6 is 0 Å². The third-order valence-electron chi connectivity index (χ3n) is 2.99. The Kier molecular flexibility index (Phi) is 2.30. The van der Waals surface area contributed by atoms with E-state index in [2.05, 4.69) is 4.98 Å². The quantitative estimate of drug-likeness (QED) is 0.797. The van der Waals surface area contributed by atoms with Crippen LogP contribution in [0, 0.1) is 0 Å². The molecule has 2 saturated heterocycles. The van der Waals surface area contributed by atoms with Crippen LogP contribution in [0.3, 0.4) is 0 Å². The lowest BCUT2D eigenvalue weighted by molar-refractivity contribution is -0.138. The molecule has 1 spiro atoms. The largest absolute Gasteiger partial charge is 0.476 e. The normalized spacial score (nSPS) is 22.5. The smallest absolute Gasteiger partial charge is 0.357 e. The van der Waals surface area contributed by atoms with Gasteiger partial charge in [-0.15, -0.1) is 0 Å². The summed E-state index contributed by atoms with van der Waals surface area (Å²) in [6, 6.07) is 0.304. The highest BCUT2D eigenvalue weighted by Gasteiger charge is 2.44. The predicted octanol–water partition coefficient (Wildman–Crippen LogP) is 0.326. The first-order valence-electron chi connectivity index (χ1n) is 5.40. The van der Waals surface area contributed by atoms with Crippen molar-refractivity contribution < 1.29 is 23.8 Å². The summed E-state index contributed by atoms with van der Waals surface area (Å²) < 4.78 is 16.3. The van der Waals surface area contributed by atoms with E-state index < -0.39 is 11.8 Å². The fourth-order valence-corrected chi connectivity index (χ4v) is 2.16. The second-order valence-corrected chi connectivity index (χ2v) is 4.10. The minimum Gasteiger partial charge on any atom is -0.476 e. The zero-order valence-electron chi connectivity index (χ0n) is 9.09. The van der Waals surface area contributed by atoms with E-state index in [0.29, 0.717) is 32.3 Å². The SMILES string of the molecule is O=C(O)c1coc(N2CCC3(C2)OCCO3)n1. The van der Waals surface area contributed by atoms with Crippen molar-refractivity contribution >= 4 is 12.0 Å². The van der Waals surface area contributed by atoms with Gasteiger partial charge in [-0.3, -0.25) is 0 Å². The van der Waals surface area contributed by atoms with Crippen LogP contribution in [-0.4, -0.2) is 48.2 Å². The molecule has 0 radical (unpaired) electrons. The van der Waals surface area contributed by atoms with Crippen LogP contribution in [0.25, 0.3) is 0 Å². The van der Waals surface area contributed by atoms with E-state index in [-0.39, 0.29) is 5.69 Å². The molecule has 3 rings (SSSR count). The van der Waals surface area contributed by atoms with Crippen LogP contribution in [0.5, 0.6) is 0 Å². The van der Waals surface area contributed by atoms with E-state index in [4.69, 9.17) is 19.0 Å². The molecule has 0 aromatic carbocycles. The molecular formula is C10H12N2O5. The predicted molar refractivity (Wildman–Crippen MR) is 54.9 cm³/mol. The number of oxazole rings is 1. The molecule has 0 aliphatic carbocycles. The highest BCUT2D eigenvalue weighted by atomic mass is 16.7. The Balaban J connectivity index is 1.75. The number of aromatic nitrogens is 1.